The lowest BCUT2D eigenvalue weighted by molar-refractivity contribution is -0.113. The lowest BCUT2D eigenvalue weighted by Gasteiger charge is -2.24. The van der Waals surface area contributed by atoms with Crippen molar-refractivity contribution in [2.24, 2.45) is 10.7 Å². The summed E-state index contributed by atoms with van der Waals surface area (Å²) in [5, 5.41) is 2.90. The smallest absolute Gasteiger partial charge is 0.193 e. The standard InChI is InChI=1S/C13H14BrN3O/c1-7-11(8(2)18)12(17-13(15)16-7)9-3-5-10(14)6-4-9/h3-6,12H,1-2H3,(H3,15,16,17). The maximum absolute atomic E-state index is 11.7. The van der Waals surface area contributed by atoms with E-state index in [2.05, 4.69) is 26.2 Å². The van der Waals surface area contributed by atoms with Crippen molar-refractivity contribution in [3.8, 4) is 0 Å². The third kappa shape index (κ3) is 2.46. The number of nitrogens with zero attached hydrogens (tertiary/aromatic N) is 1. The fraction of sp³-hybridized carbons (Fsp3) is 0.231. The molecule has 2 rings (SSSR count). The molecule has 5 heteroatoms. The molecule has 18 heavy (non-hydrogen) atoms. The van der Waals surface area contributed by atoms with Crippen molar-refractivity contribution in [2.45, 2.75) is 19.9 Å². The minimum atomic E-state index is -0.322. The number of allylic oxidation sites excluding steroid dienone is 1. The summed E-state index contributed by atoms with van der Waals surface area (Å²) in [5.74, 6) is 0.342. The van der Waals surface area contributed by atoms with E-state index in [0.29, 0.717) is 11.5 Å². The van der Waals surface area contributed by atoms with E-state index in [4.69, 9.17) is 5.73 Å². The second-order valence-corrected chi connectivity index (χ2v) is 5.10. The van der Waals surface area contributed by atoms with E-state index in [9.17, 15) is 4.79 Å². The van der Waals surface area contributed by atoms with E-state index in [1.165, 1.54) is 0 Å². The monoisotopic (exact) mass is 307 g/mol. The Morgan fingerprint density at radius 3 is 2.56 bits per heavy atom. The summed E-state index contributed by atoms with van der Waals surface area (Å²) >= 11 is 3.39. The van der Waals surface area contributed by atoms with Gasteiger partial charge in [0.2, 0.25) is 0 Å². The van der Waals surface area contributed by atoms with Crippen molar-refractivity contribution in [3.63, 3.8) is 0 Å². The predicted molar refractivity (Wildman–Crippen MR) is 75.0 cm³/mol. The topological polar surface area (TPSA) is 67.5 Å². The van der Waals surface area contributed by atoms with Crippen LogP contribution in [-0.2, 0) is 4.79 Å². The Kier molecular flexibility index (Phi) is 3.52. The van der Waals surface area contributed by atoms with Gasteiger partial charge in [-0.25, -0.2) is 4.99 Å². The number of benzene rings is 1. The summed E-state index contributed by atoms with van der Waals surface area (Å²) in [6.07, 6.45) is 0. The summed E-state index contributed by atoms with van der Waals surface area (Å²) in [7, 11) is 0. The maximum atomic E-state index is 11.7. The van der Waals surface area contributed by atoms with Crippen molar-refractivity contribution < 1.29 is 4.79 Å². The summed E-state index contributed by atoms with van der Waals surface area (Å²) in [4.78, 5) is 16.1. The molecule has 94 valence electrons. The highest BCUT2D eigenvalue weighted by Gasteiger charge is 2.25. The SMILES string of the molecule is CC(=O)C1=C(C)NC(N)=NC1c1ccc(Br)cc1. The second-order valence-electron chi connectivity index (χ2n) is 4.19. The molecule has 0 saturated carbocycles. The first-order chi connectivity index (χ1) is 8.49. The van der Waals surface area contributed by atoms with Gasteiger partial charge in [0.15, 0.2) is 11.7 Å². The molecule has 0 aromatic heterocycles. The zero-order chi connectivity index (χ0) is 13.3. The van der Waals surface area contributed by atoms with Gasteiger partial charge < -0.3 is 11.1 Å². The molecule has 1 aromatic carbocycles. The van der Waals surface area contributed by atoms with Gasteiger partial charge in [0, 0.05) is 15.7 Å². The maximum Gasteiger partial charge on any atom is 0.193 e. The molecule has 4 nitrogen and oxygen atoms in total. The number of aliphatic imine (C=N–C) groups is 1. The third-order valence-electron chi connectivity index (χ3n) is 2.83. The molecule has 0 amide bonds. The summed E-state index contributed by atoms with van der Waals surface area (Å²) in [5.41, 5.74) is 8.11. The molecule has 0 aliphatic carbocycles. The van der Waals surface area contributed by atoms with Gasteiger partial charge in [-0.2, -0.15) is 0 Å². The number of carbonyl (C=O) groups is 1. The number of guanidine groups is 1. The van der Waals surface area contributed by atoms with Crippen LogP contribution in [0.2, 0.25) is 0 Å². The molecule has 3 N–H and O–H groups in total. The van der Waals surface area contributed by atoms with E-state index in [0.717, 1.165) is 15.7 Å². The number of hydrogen-bond donors (Lipinski definition) is 2. The summed E-state index contributed by atoms with van der Waals surface area (Å²) in [6.45, 7) is 3.38. The molecule has 1 aliphatic heterocycles. The molecular formula is C13H14BrN3O. The molecule has 0 fully saturated rings. The number of nitrogens with two attached hydrogens (primary N) is 1. The van der Waals surface area contributed by atoms with Crippen LogP contribution in [0.25, 0.3) is 0 Å². The zero-order valence-corrected chi connectivity index (χ0v) is 11.8. The van der Waals surface area contributed by atoms with Crippen LogP contribution < -0.4 is 11.1 Å². The van der Waals surface area contributed by atoms with Crippen molar-refractivity contribution in [2.75, 3.05) is 0 Å². The second kappa shape index (κ2) is 4.94. The minimum absolute atomic E-state index is 0.00386. The number of nitrogens with one attached hydrogen (secondary N) is 1. The highest BCUT2D eigenvalue weighted by Crippen LogP contribution is 2.31. The van der Waals surface area contributed by atoms with E-state index in [1.54, 1.807) is 6.92 Å². The number of halogens is 1. The number of rotatable bonds is 2. The minimum Gasteiger partial charge on any atom is -0.370 e. The molecule has 1 aromatic rings. The van der Waals surface area contributed by atoms with Gasteiger partial charge in [0.05, 0.1) is 0 Å². The van der Waals surface area contributed by atoms with Crippen molar-refractivity contribution in [3.05, 3.63) is 45.6 Å². The molecule has 1 atom stereocenters. The van der Waals surface area contributed by atoms with E-state index >= 15 is 0 Å². The Labute approximate surface area is 114 Å². The Balaban J connectivity index is 2.48. The van der Waals surface area contributed by atoms with Crippen LogP contribution >= 0.6 is 15.9 Å². The van der Waals surface area contributed by atoms with E-state index in [1.807, 2.05) is 31.2 Å². The van der Waals surface area contributed by atoms with Crippen LogP contribution in [-0.4, -0.2) is 11.7 Å². The van der Waals surface area contributed by atoms with Gasteiger partial charge in [0.1, 0.15) is 6.04 Å². The molecule has 0 bridgehead atoms. The van der Waals surface area contributed by atoms with Crippen LogP contribution in [0.15, 0.2) is 45.0 Å². The quantitative estimate of drug-likeness (QED) is 0.881. The van der Waals surface area contributed by atoms with Gasteiger partial charge in [-0.05, 0) is 31.5 Å². The number of Topliss-reactive ketones (excluding diaryl/α,β-unsaturated/α-hetero) is 1. The van der Waals surface area contributed by atoms with Gasteiger partial charge in [-0.1, -0.05) is 28.1 Å². The highest BCUT2D eigenvalue weighted by molar-refractivity contribution is 9.10. The number of ketones is 1. The number of hydrogen-bond acceptors (Lipinski definition) is 4. The van der Waals surface area contributed by atoms with Crippen molar-refractivity contribution in [1.82, 2.24) is 5.32 Å². The largest absolute Gasteiger partial charge is 0.370 e. The Hall–Kier alpha value is -1.62. The van der Waals surface area contributed by atoms with Crippen LogP contribution in [0.3, 0.4) is 0 Å². The fourth-order valence-electron chi connectivity index (χ4n) is 2.04. The van der Waals surface area contributed by atoms with Crippen LogP contribution in [0.1, 0.15) is 25.5 Å². The van der Waals surface area contributed by atoms with Crippen LogP contribution in [0, 0.1) is 0 Å². The number of carbonyl (C=O) groups excluding carboxylic acids is 1. The van der Waals surface area contributed by atoms with Gasteiger partial charge in [-0.15, -0.1) is 0 Å². The Morgan fingerprint density at radius 2 is 2.00 bits per heavy atom. The molecule has 0 spiro atoms. The fourth-order valence-corrected chi connectivity index (χ4v) is 2.31. The lowest BCUT2D eigenvalue weighted by Crippen LogP contribution is -2.36. The normalized spacial score (nSPS) is 19.3. The first kappa shape index (κ1) is 12.8. The van der Waals surface area contributed by atoms with E-state index in [-0.39, 0.29) is 11.8 Å². The summed E-state index contributed by atoms with van der Waals surface area (Å²) in [6, 6.07) is 7.41. The third-order valence-corrected chi connectivity index (χ3v) is 3.35. The molecule has 1 unspecified atom stereocenters. The molecule has 1 heterocycles. The molecular weight excluding hydrogens is 294 g/mol. The summed E-state index contributed by atoms with van der Waals surface area (Å²) < 4.78 is 0.988. The predicted octanol–water partition coefficient (Wildman–Crippen LogP) is 2.27. The zero-order valence-electron chi connectivity index (χ0n) is 10.2. The first-order valence-corrected chi connectivity index (χ1v) is 6.36. The lowest BCUT2D eigenvalue weighted by atomic mass is 9.94. The van der Waals surface area contributed by atoms with Gasteiger partial charge in [-0.3, -0.25) is 4.79 Å². The van der Waals surface area contributed by atoms with Gasteiger partial charge >= 0.3 is 0 Å². The average Bonchev–Trinajstić information content (AvgIpc) is 2.28. The molecule has 0 radical (unpaired) electrons. The van der Waals surface area contributed by atoms with E-state index < -0.39 is 0 Å². The molecule has 0 saturated heterocycles. The van der Waals surface area contributed by atoms with Crippen molar-refractivity contribution >= 4 is 27.7 Å². The van der Waals surface area contributed by atoms with Crippen LogP contribution in [0.5, 0.6) is 0 Å². The molecule has 1 aliphatic rings. The Bertz CT molecular complexity index is 546. The van der Waals surface area contributed by atoms with Crippen molar-refractivity contribution in [1.29, 1.82) is 0 Å². The Morgan fingerprint density at radius 1 is 1.39 bits per heavy atom. The van der Waals surface area contributed by atoms with Crippen LogP contribution in [0.4, 0.5) is 0 Å². The highest BCUT2D eigenvalue weighted by atomic mass is 79.9. The van der Waals surface area contributed by atoms with Gasteiger partial charge in [0.25, 0.3) is 0 Å². The first-order valence-electron chi connectivity index (χ1n) is 5.56. The average molecular weight is 308 g/mol.